The van der Waals surface area contributed by atoms with E-state index in [0.717, 1.165) is 22.1 Å². The van der Waals surface area contributed by atoms with Crippen LogP contribution in [0, 0.1) is 12.7 Å². The van der Waals surface area contributed by atoms with E-state index in [9.17, 15) is 4.39 Å². The molecular weight excluding hydrogens is 403 g/mol. The number of ether oxygens (including phenoxy) is 1. The molecule has 7 nitrogen and oxygen atoms in total. The van der Waals surface area contributed by atoms with Gasteiger partial charge < -0.3 is 19.5 Å². The first-order chi connectivity index (χ1) is 14.4. The van der Waals surface area contributed by atoms with E-state index in [0.29, 0.717) is 24.7 Å². The van der Waals surface area contributed by atoms with Gasteiger partial charge in [-0.05, 0) is 31.5 Å². The highest BCUT2D eigenvalue weighted by molar-refractivity contribution is 7.09. The van der Waals surface area contributed by atoms with Crippen LogP contribution in [0.4, 0.5) is 4.39 Å². The summed E-state index contributed by atoms with van der Waals surface area (Å²) in [7, 11) is 5.35. The molecule has 0 saturated heterocycles. The van der Waals surface area contributed by atoms with Crippen LogP contribution in [-0.4, -0.2) is 46.6 Å². The van der Waals surface area contributed by atoms with Gasteiger partial charge in [0.2, 0.25) is 0 Å². The van der Waals surface area contributed by atoms with Crippen molar-refractivity contribution in [2.45, 2.75) is 33.0 Å². The summed E-state index contributed by atoms with van der Waals surface area (Å²) >= 11 is 1.59. The second-order valence-corrected chi connectivity index (χ2v) is 7.83. The van der Waals surface area contributed by atoms with Gasteiger partial charge in [-0.15, -0.1) is 11.3 Å². The van der Waals surface area contributed by atoms with Gasteiger partial charge in [0.05, 0.1) is 17.9 Å². The summed E-state index contributed by atoms with van der Waals surface area (Å²) in [6.45, 7) is 4.89. The number of rotatable bonds is 7. The Morgan fingerprint density at radius 2 is 2.23 bits per heavy atom. The fourth-order valence-electron chi connectivity index (χ4n) is 3.05. The molecule has 3 rings (SSSR count). The van der Waals surface area contributed by atoms with Crippen LogP contribution in [-0.2, 0) is 17.8 Å². The number of halogens is 1. The van der Waals surface area contributed by atoms with E-state index < -0.39 is 0 Å². The lowest BCUT2D eigenvalue weighted by atomic mass is 10.2. The number of hydrogen-bond acceptors (Lipinski definition) is 5. The number of nitrogens with zero attached hydrogens (tertiary/aromatic N) is 5. The molecule has 3 aromatic rings. The molecule has 0 amide bonds. The maximum absolute atomic E-state index is 14.6. The number of thiazole rings is 1. The number of aryl methyl sites for hydroxylation is 1. The van der Waals surface area contributed by atoms with Crippen molar-refractivity contribution in [3.63, 3.8) is 0 Å². The average Bonchev–Trinajstić information content (AvgIpc) is 3.37. The van der Waals surface area contributed by atoms with Gasteiger partial charge in [-0.1, -0.05) is 6.07 Å². The van der Waals surface area contributed by atoms with Gasteiger partial charge in [0.25, 0.3) is 0 Å². The molecule has 2 aromatic heterocycles. The topological polar surface area (TPSA) is 67.6 Å². The monoisotopic (exact) mass is 430 g/mol. The molecule has 0 aliphatic heterocycles. The molecular formula is C21H27FN6OS. The fourth-order valence-corrected chi connectivity index (χ4v) is 3.90. The highest BCUT2D eigenvalue weighted by Gasteiger charge is 2.13. The SMILES string of the molecule is CN=C(NCc1ccc(-n2ccnc2C)c(F)c1)N(C)Cc1csc(C(C)OC)n1. The number of guanidine groups is 1. The Bertz CT molecular complexity index is 1010. The lowest BCUT2D eigenvalue weighted by Crippen LogP contribution is -2.38. The zero-order valence-corrected chi connectivity index (χ0v) is 18.7. The first-order valence-electron chi connectivity index (χ1n) is 9.60. The Morgan fingerprint density at radius 1 is 1.43 bits per heavy atom. The van der Waals surface area contributed by atoms with Gasteiger partial charge >= 0.3 is 0 Å². The third-order valence-electron chi connectivity index (χ3n) is 4.79. The largest absolute Gasteiger partial charge is 0.375 e. The second-order valence-electron chi connectivity index (χ2n) is 6.94. The minimum Gasteiger partial charge on any atom is -0.375 e. The third kappa shape index (κ3) is 5.03. The highest BCUT2D eigenvalue weighted by Crippen LogP contribution is 2.21. The minimum absolute atomic E-state index is 0.0181. The second kappa shape index (κ2) is 9.82. The van der Waals surface area contributed by atoms with Crippen molar-refractivity contribution in [1.82, 2.24) is 24.8 Å². The highest BCUT2D eigenvalue weighted by atomic mass is 32.1. The van der Waals surface area contributed by atoms with Crippen molar-refractivity contribution in [3.05, 3.63) is 63.9 Å². The molecule has 30 heavy (non-hydrogen) atoms. The van der Waals surface area contributed by atoms with Gasteiger partial charge in [0, 0.05) is 45.5 Å². The molecule has 160 valence electrons. The molecule has 2 heterocycles. The van der Waals surface area contributed by atoms with Crippen LogP contribution in [0.1, 0.15) is 35.1 Å². The van der Waals surface area contributed by atoms with E-state index in [4.69, 9.17) is 4.74 Å². The van der Waals surface area contributed by atoms with Crippen LogP contribution in [0.25, 0.3) is 5.69 Å². The summed E-state index contributed by atoms with van der Waals surface area (Å²) in [5, 5.41) is 6.26. The zero-order valence-electron chi connectivity index (χ0n) is 17.9. The molecule has 1 atom stereocenters. The van der Waals surface area contributed by atoms with Crippen LogP contribution in [0.15, 0.2) is 41.0 Å². The molecule has 0 saturated carbocycles. The lowest BCUT2D eigenvalue weighted by Gasteiger charge is -2.21. The van der Waals surface area contributed by atoms with Gasteiger partial charge in [0.1, 0.15) is 22.8 Å². The Labute approximate surface area is 180 Å². The normalized spacial score (nSPS) is 12.8. The molecule has 9 heteroatoms. The van der Waals surface area contributed by atoms with Crippen molar-refractivity contribution in [1.29, 1.82) is 0 Å². The van der Waals surface area contributed by atoms with E-state index >= 15 is 0 Å². The van der Waals surface area contributed by atoms with E-state index in [-0.39, 0.29) is 11.9 Å². The number of imidazole rings is 1. The zero-order chi connectivity index (χ0) is 21.7. The standard InChI is InChI=1S/C21H27FN6OS/c1-14(29-5)20-26-17(13-30-20)12-27(4)21(23-3)25-11-16-6-7-19(18(22)10-16)28-9-8-24-15(28)2/h6-10,13-14H,11-12H2,1-5H3,(H,23,25). The van der Waals surface area contributed by atoms with Crippen molar-refractivity contribution in [3.8, 4) is 5.69 Å². The number of benzene rings is 1. The smallest absolute Gasteiger partial charge is 0.194 e. The van der Waals surface area contributed by atoms with Crippen LogP contribution < -0.4 is 5.32 Å². The summed E-state index contributed by atoms with van der Waals surface area (Å²) in [5.74, 6) is 1.16. The predicted molar refractivity (Wildman–Crippen MR) is 117 cm³/mol. The number of hydrogen-bond donors (Lipinski definition) is 1. The van der Waals surface area contributed by atoms with Crippen LogP contribution in [0.5, 0.6) is 0 Å². The molecule has 0 aliphatic rings. The fraction of sp³-hybridized carbons (Fsp3) is 0.381. The molecule has 0 bridgehead atoms. The molecule has 0 radical (unpaired) electrons. The number of methoxy groups -OCH3 is 1. The van der Waals surface area contributed by atoms with Crippen LogP contribution >= 0.6 is 11.3 Å². The maximum atomic E-state index is 14.6. The molecule has 0 aliphatic carbocycles. The van der Waals surface area contributed by atoms with E-state index in [1.807, 2.05) is 37.2 Å². The van der Waals surface area contributed by atoms with Gasteiger partial charge in [0.15, 0.2) is 5.96 Å². The molecule has 1 unspecified atom stereocenters. The Balaban J connectivity index is 1.61. The summed E-state index contributed by atoms with van der Waals surface area (Å²) < 4.78 is 21.7. The number of aromatic nitrogens is 3. The van der Waals surface area contributed by atoms with E-state index in [1.54, 1.807) is 48.5 Å². The van der Waals surface area contributed by atoms with Crippen molar-refractivity contribution < 1.29 is 9.13 Å². The third-order valence-corrected chi connectivity index (χ3v) is 5.85. The van der Waals surface area contributed by atoms with Crippen LogP contribution in [0.3, 0.4) is 0 Å². The molecule has 0 fully saturated rings. The van der Waals surface area contributed by atoms with Crippen molar-refractivity contribution in [2.75, 3.05) is 21.2 Å². The van der Waals surface area contributed by atoms with Crippen molar-refractivity contribution in [2.24, 2.45) is 4.99 Å². The quantitative estimate of drug-likeness (QED) is 0.457. The minimum atomic E-state index is -0.291. The van der Waals surface area contributed by atoms with Crippen molar-refractivity contribution >= 4 is 17.3 Å². The Kier molecular flexibility index (Phi) is 7.17. The van der Waals surface area contributed by atoms with E-state index in [1.165, 1.54) is 6.07 Å². The Morgan fingerprint density at radius 3 is 2.87 bits per heavy atom. The predicted octanol–water partition coefficient (Wildman–Crippen LogP) is 3.69. The summed E-state index contributed by atoms with van der Waals surface area (Å²) in [5.41, 5.74) is 2.27. The maximum Gasteiger partial charge on any atom is 0.194 e. The van der Waals surface area contributed by atoms with Crippen LogP contribution in [0.2, 0.25) is 0 Å². The first-order valence-corrected chi connectivity index (χ1v) is 10.5. The molecule has 1 N–H and O–H groups in total. The van der Waals surface area contributed by atoms with Gasteiger partial charge in [-0.3, -0.25) is 4.99 Å². The van der Waals surface area contributed by atoms with Gasteiger partial charge in [-0.25, -0.2) is 14.4 Å². The number of nitrogens with one attached hydrogen (secondary N) is 1. The van der Waals surface area contributed by atoms with Gasteiger partial charge in [-0.2, -0.15) is 0 Å². The van der Waals surface area contributed by atoms with E-state index in [2.05, 4.69) is 20.3 Å². The Hall–Kier alpha value is -2.78. The first kappa shape index (κ1) is 21.9. The molecule has 0 spiro atoms. The molecule has 1 aromatic carbocycles. The summed E-state index contributed by atoms with van der Waals surface area (Å²) in [6.07, 6.45) is 3.39. The lowest BCUT2D eigenvalue weighted by molar-refractivity contribution is 0.119. The summed E-state index contributed by atoms with van der Waals surface area (Å²) in [6, 6.07) is 5.20. The average molecular weight is 431 g/mol. The number of aliphatic imine (C=N–C) groups is 1. The summed E-state index contributed by atoms with van der Waals surface area (Å²) in [4.78, 5) is 15.1.